The van der Waals surface area contributed by atoms with Crippen LogP contribution in [-0.4, -0.2) is 44.1 Å². The molecule has 1 aromatic rings. The number of carbonyl (C=O) groups is 2. The summed E-state index contributed by atoms with van der Waals surface area (Å²) in [6, 6.07) is 7.18. The second kappa shape index (κ2) is 6.41. The predicted molar refractivity (Wildman–Crippen MR) is 73.6 cm³/mol. The summed E-state index contributed by atoms with van der Waals surface area (Å²) >= 11 is 0. The molecule has 0 spiro atoms. The zero-order valence-corrected chi connectivity index (χ0v) is 11.8. The van der Waals surface area contributed by atoms with Crippen molar-refractivity contribution in [3.63, 3.8) is 0 Å². The van der Waals surface area contributed by atoms with Crippen LogP contribution in [0, 0.1) is 5.92 Å². The maximum atomic E-state index is 12.5. The molecule has 0 saturated carbocycles. The normalized spacial score (nSPS) is 15.8. The van der Waals surface area contributed by atoms with Crippen LogP contribution in [-0.2, 0) is 9.53 Å². The molecule has 1 heterocycles. The summed E-state index contributed by atoms with van der Waals surface area (Å²) in [6.45, 7) is 1.13. The Kier molecular flexibility index (Phi) is 4.61. The molecule has 5 nitrogen and oxygen atoms in total. The summed E-state index contributed by atoms with van der Waals surface area (Å²) in [5, 5.41) is 0. The summed E-state index contributed by atoms with van der Waals surface area (Å²) in [6.07, 6.45) is 1.29. The number of ether oxygens (including phenoxy) is 2. The number of hydrogen-bond acceptors (Lipinski definition) is 4. The second-order valence-corrected chi connectivity index (χ2v) is 4.79. The molecular weight excluding hydrogens is 258 g/mol. The average molecular weight is 277 g/mol. The molecule has 0 unspecified atom stereocenters. The van der Waals surface area contributed by atoms with E-state index >= 15 is 0 Å². The summed E-state index contributed by atoms with van der Waals surface area (Å²) in [5.41, 5.74) is 0.562. The number of esters is 1. The number of benzene rings is 1. The van der Waals surface area contributed by atoms with Crippen molar-refractivity contribution < 1.29 is 19.1 Å². The zero-order chi connectivity index (χ0) is 14.5. The van der Waals surface area contributed by atoms with Crippen LogP contribution >= 0.6 is 0 Å². The molecule has 108 valence electrons. The number of nitrogens with zero attached hydrogens (tertiary/aromatic N) is 1. The molecule has 1 saturated heterocycles. The van der Waals surface area contributed by atoms with E-state index in [1.807, 2.05) is 12.1 Å². The van der Waals surface area contributed by atoms with Crippen molar-refractivity contribution in [1.82, 2.24) is 4.90 Å². The Balaban J connectivity index is 2.03. The fourth-order valence-corrected chi connectivity index (χ4v) is 2.48. The van der Waals surface area contributed by atoms with E-state index in [0.29, 0.717) is 37.2 Å². The molecule has 1 amide bonds. The lowest BCUT2D eigenvalue weighted by Crippen LogP contribution is -2.40. The molecule has 1 aliphatic rings. The van der Waals surface area contributed by atoms with E-state index in [2.05, 4.69) is 0 Å². The van der Waals surface area contributed by atoms with Gasteiger partial charge in [0.15, 0.2) is 0 Å². The summed E-state index contributed by atoms with van der Waals surface area (Å²) in [5.74, 6) is 0.245. The smallest absolute Gasteiger partial charge is 0.308 e. The van der Waals surface area contributed by atoms with Crippen molar-refractivity contribution in [2.45, 2.75) is 12.8 Å². The molecule has 1 aliphatic heterocycles. The molecule has 5 heteroatoms. The van der Waals surface area contributed by atoms with E-state index in [1.165, 1.54) is 7.11 Å². The maximum absolute atomic E-state index is 12.5. The molecule has 0 aromatic heterocycles. The van der Waals surface area contributed by atoms with Crippen molar-refractivity contribution in [3.05, 3.63) is 29.8 Å². The number of piperidine rings is 1. The van der Waals surface area contributed by atoms with Crippen LogP contribution in [0.3, 0.4) is 0 Å². The molecule has 0 radical (unpaired) electrons. The van der Waals surface area contributed by atoms with Gasteiger partial charge in [-0.05, 0) is 25.0 Å². The van der Waals surface area contributed by atoms with Crippen LogP contribution in [0.4, 0.5) is 0 Å². The number of methoxy groups -OCH3 is 2. The Hall–Kier alpha value is -2.04. The fourth-order valence-electron chi connectivity index (χ4n) is 2.48. The van der Waals surface area contributed by atoms with Crippen molar-refractivity contribution in [1.29, 1.82) is 0 Å². The van der Waals surface area contributed by atoms with Gasteiger partial charge in [-0.3, -0.25) is 9.59 Å². The van der Waals surface area contributed by atoms with Gasteiger partial charge in [0.2, 0.25) is 0 Å². The van der Waals surface area contributed by atoms with Gasteiger partial charge in [0.05, 0.1) is 25.7 Å². The van der Waals surface area contributed by atoms with Gasteiger partial charge in [0.25, 0.3) is 5.91 Å². The first-order valence-electron chi connectivity index (χ1n) is 6.67. The van der Waals surface area contributed by atoms with Gasteiger partial charge in [-0.15, -0.1) is 0 Å². The van der Waals surface area contributed by atoms with Gasteiger partial charge >= 0.3 is 5.97 Å². The number of rotatable bonds is 3. The third-order valence-electron chi connectivity index (χ3n) is 3.65. The monoisotopic (exact) mass is 277 g/mol. The van der Waals surface area contributed by atoms with Crippen LogP contribution < -0.4 is 4.74 Å². The first-order valence-corrected chi connectivity index (χ1v) is 6.67. The Morgan fingerprint density at radius 3 is 2.40 bits per heavy atom. The van der Waals surface area contributed by atoms with Crippen molar-refractivity contribution in [2.75, 3.05) is 27.3 Å². The van der Waals surface area contributed by atoms with Gasteiger partial charge in [0.1, 0.15) is 5.75 Å². The van der Waals surface area contributed by atoms with Crippen molar-refractivity contribution in [3.8, 4) is 5.75 Å². The third-order valence-corrected chi connectivity index (χ3v) is 3.65. The minimum Gasteiger partial charge on any atom is -0.496 e. The van der Waals surface area contributed by atoms with Crippen LogP contribution in [0.2, 0.25) is 0 Å². The molecule has 2 rings (SSSR count). The molecule has 0 bridgehead atoms. The van der Waals surface area contributed by atoms with E-state index in [-0.39, 0.29) is 17.8 Å². The fraction of sp³-hybridized carbons (Fsp3) is 0.467. The SMILES string of the molecule is COC(=O)C1CCN(C(=O)c2ccccc2OC)CC1. The molecule has 0 N–H and O–H groups in total. The lowest BCUT2D eigenvalue weighted by molar-refractivity contribution is -0.146. The van der Waals surface area contributed by atoms with Crippen LogP contribution in [0.25, 0.3) is 0 Å². The van der Waals surface area contributed by atoms with E-state index in [0.717, 1.165) is 0 Å². The van der Waals surface area contributed by atoms with Crippen LogP contribution in [0.1, 0.15) is 23.2 Å². The number of hydrogen-bond donors (Lipinski definition) is 0. The van der Waals surface area contributed by atoms with Gasteiger partial charge in [-0.2, -0.15) is 0 Å². The Morgan fingerprint density at radius 2 is 1.80 bits per heavy atom. The second-order valence-electron chi connectivity index (χ2n) is 4.79. The number of carbonyl (C=O) groups excluding carboxylic acids is 2. The molecule has 1 fully saturated rings. The summed E-state index contributed by atoms with van der Waals surface area (Å²) in [7, 11) is 2.95. The highest BCUT2D eigenvalue weighted by Crippen LogP contribution is 2.23. The molecular formula is C15H19NO4. The van der Waals surface area contributed by atoms with Gasteiger partial charge < -0.3 is 14.4 Å². The van der Waals surface area contributed by atoms with E-state index in [1.54, 1.807) is 24.1 Å². The van der Waals surface area contributed by atoms with Crippen LogP contribution in [0.15, 0.2) is 24.3 Å². The highest BCUT2D eigenvalue weighted by molar-refractivity contribution is 5.97. The van der Waals surface area contributed by atoms with Crippen molar-refractivity contribution >= 4 is 11.9 Å². The van der Waals surface area contributed by atoms with Crippen molar-refractivity contribution in [2.24, 2.45) is 5.92 Å². The molecule has 1 aromatic carbocycles. The quantitative estimate of drug-likeness (QED) is 0.789. The number of amides is 1. The predicted octanol–water partition coefficient (Wildman–Crippen LogP) is 1.72. The largest absolute Gasteiger partial charge is 0.496 e. The Morgan fingerprint density at radius 1 is 1.15 bits per heavy atom. The van der Waals surface area contributed by atoms with E-state index in [4.69, 9.17) is 9.47 Å². The summed E-state index contributed by atoms with van der Waals surface area (Å²) in [4.78, 5) is 25.7. The summed E-state index contributed by atoms with van der Waals surface area (Å²) < 4.78 is 9.96. The highest BCUT2D eigenvalue weighted by Gasteiger charge is 2.29. The molecule has 0 aliphatic carbocycles. The van der Waals surface area contributed by atoms with E-state index in [9.17, 15) is 9.59 Å². The van der Waals surface area contributed by atoms with Gasteiger partial charge in [-0.1, -0.05) is 12.1 Å². The third kappa shape index (κ3) is 2.92. The average Bonchev–Trinajstić information content (AvgIpc) is 2.53. The minimum atomic E-state index is -0.186. The van der Waals surface area contributed by atoms with Crippen LogP contribution in [0.5, 0.6) is 5.75 Å². The Labute approximate surface area is 118 Å². The maximum Gasteiger partial charge on any atom is 0.308 e. The lowest BCUT2D eigenvalue weighted by atomic mass is 9.96. The topological polar surface area (TPSA) is 55.8 Å². The minimum absolute atomic E-state index is 0.0502. The van der Waals surface area contributed by atoms with Gasteiger partial charge in [0, 0.05) is 13.1 Å². The number of likely N-dealkylation sites (tertiary alicyclic amines) is 1. The standard InChI is InChI=1S/C15H19NO4/c1-19-13-6-4-3-5-12(13)14(17)16-9-7-11(8-10-16)15(18)20-2/h3-6,11H,7-10H2,1-2H3. The molecule has 20 heavy (non-hydrogen) atoms. The molecule has 0 atom stereocenters. The van der Waals surface area contributed by atoms with Gasteiger partial charge in [-0.25, -0.2) is 0 Å². The first-order chi connectivity index (χ1) is 9.67. The number of para-hydroxylation sites is 1. The van der Waals surface area contributed by atoms with E-state index < -0.39 is 0 Å². The zero-order valence-electron chi connectivity index (χ0n) is 11.8. The highest BCUT2D eigenvalue weighted by atomic mass is 16.5. The Bertz CT molecular complexity index is 492. The lowest BCUT2D eigenvalue weighted by Gasteiger charge is -2.31. The first kappa shape index (κ1) is 14.4.